The van der Waals surface area contributed by atoms with Crippen LogP contribution in [0.5, 0.6) is 5.75 Å². The van der Waals surface area contributed by atoms with Gasteiger partial charge in [0.1, 0.15) is 5.75 Å². The molecule has 154 valence electrons. The molecule has 0 atom stereocenters. The molecule has 1 saturated heterocycles. The summed E-state index contributed by atoms with van der Waals surface area (Å²) in [6.07, 6.45) is 1.10. The average Bonchev–Trinajstić information content (AvgIpc) is 2.77. The van der Waals surface area contributed by atoms with Crippen LogP contribution in [-0.2, 0) is 21.4 Å². The van der Waals surface area contributed by atoms with E-state index in [1.54, 1.807) is 7.11 Å². The molecule has 2 aromatic rings. The quantitative estimate of drug-likeness (QED) is 0.756. The Balaban J connectivity index is 1.53. The van der Waals surface area contributed by atoms with Gasteiger partial charge in [-0.2, -0.15) is 0 Å². The average molecular weight is 395 g/mol. The summed E-state index contributed by atoms with van der Waals surface area (Å²) < 4.78 is 5.36. The maximum Gasteiger partial charge on any atom is 0.232 e. The number of aryl methyl sites for hydroxylation is 1. The number of carbonyl (C=O) groups is 2. The lowest BCUT2D eigenvalue weighted by atomic mass is 9.83. The molecule has 1 aliphatic heterocycles. The van der Waals surface area contributed by atoms with Crippen molar-refractivity contribution in [3.63, 3.8) is 0 Å². The first kappa shape index (κ1) is 20.9. The van der Waals surface area contributed by atoms with Gasteiger partial charge in [0.25, 0.3) is 0 Å². The van der Waals surface area contributed by atoms with Crippen molar-refractivity contribution in [2.75, 3.05) is 33.3 Å². The van der Waals surface area contributed by atoms with Crippen molar-refractivity contribution in [3.8, 4) is 5.75 Å². The molecule has 0 aliphatic carbocycles. The zero-order valence-corrected chi connectivity index (χ0v) is 17.6. The van der Waals surface area contributed by atoms with Crippen LogP contribution >= 0.6 is 0 Å². The number of para-hydroxylation sites is 1. The van der Waals surface area contributed by atoms with Crippen LogP contribution in [0.4, 0.5) is 0 Å². The van der Waals surface area contributed by atoms with Gasteiger partial charge in [-0.3, -0.25) is 9.59 Å². The molecule has 5 heteroatoms. The Bertz CT molecular complexity index is 840. The summed E-state index contributed by atoms with van der Waals surface area (Å²) >= 11 is 0. The van der Waals surface area contributed by atoms with Crippen molar-refractivity contribution >= 4 is 11.8 Å². The molecular formula is C24H30N2O3. The number of carbonyl (C=O) groups excluding carboxylic acids is 2. The van der Waals surface area contributed by atoms with E-state index in [1.807, 2.05) is 78.2 Å². The lowest BCUT2D eigenvalue weighted by Gasteiger charge is -2.39. The standard InChI is InChI=1S/C24H30N2O3/c1-24(2,20-10-5-4-6-11-20)23(28)26-17-15-25(16-18-26)22(27)14-13-19-9-7-8-12-21(19)29-3/h4-12H,13-18H2,1-3H3. The fraction of sp³-hybridized carbons (Fsp3) is 0.417. The van der Waals surface area contributed by atoms with Gasteiger partial charge in [-0.15, -0.1) is 0 Å². The van der Waals surface area contributed by atoms with E-state index in [1.165, 1.54) is 0 Å². The molecule has 1 heterocycles. The van der Waals surface area contributed by atoms with E-state index in [4.69, 9.17) is 4.74 Å². The molecule has 0 bridgehead atoms. The number of rotatable bonds is 6. The summed E-state index contributed by atoms with van der Waals surface area (Å²) in [5.41, 5.74) is 1.49. The van der Waals surface area contributed by atoms with Crippen molar-refractivity contribution in [2.45, 2.75) is 32.1 Å². The predicted molar refractivity (Wildman–Crippen MR) is 114 cm³/mol. The zero-order valence-electron chi connectivity index (χ0n) is 17.6. The first-order valence-corrected chi connectivity index (χ1v) is 10.2. The SMILES string of the molecule is COc1ccccc1CCC(=O)N1CCN(C(=O)C(C)(C)c2ccccc2)CC1. The molecule has 0 aromatic heterocycles. The Morgan fingerprint density at radius 3 is 2.14 bits per heavy atom. The van der Waals surface area contributed by atoms with Crippen molar-refractivity contribution in [2.24, 2.45) is 0 Å². The molecule has 0 spiro atoms. The number of nitrogens with zero attached hydrogens (tertiary/aromatic N) is 2. The highest BCUT2D eigenvalue weighted by Gasteiger charge is 2.35. The van der Waals surface area contributed by atoms with Crippen molar-refractivity contribution < 1.29 is 14.3 Å². The highest BCUT2D eigenvalue weighted by Crippen LogP contribution is 2.26. The van der Waals surface area contributed by atoms with Gasteiger partial charge in [0.15, 0.2) is 0 Å². The molecule has 0 N–H and O–H groups in total. The molecule has 3 rings (SSSR count). The second-order valence-corrected chi connectivity index (χ2v) is 7.98. The lowest BCUT2D eigenvalue weighted by Crippen LogP contribution is -2.54. The molecule has 0 saturated carbocycles. The first-order chi connectivity index (χ1) is 13.9. The van der Waals surface area contributed by atoms with Crippen LogP contribution in [-0.4, -0.2) is 54.9 Å². The van der Waals surface area contributed by atoms with Crippen LogP contribution < -0.4 is 4.74 Å². The molecule has 2 amide bonds. The number of amides is 2. The second kappa shape index (κ2) is 9.12. The third-order valence-electron chi connectivity index (χ3n) is 5.75. The maximum absolute atomic E-state index is 13.1. The third kappa shape index (κ3) is 4.78. The maximum atomic E-state index is 13.1. The minimum atomic E-state index is -0.572. The molecule has 29 heavy (non-hydrogen) atoms. The van der Waals surface area contributed by atoms with E-state index in [9.17, 15) is 9.59 Å². The Kier molecular flexibility index (Phi) is 6.57. The highest BCUT2D eigenvalue weighted by molar-refractivity contribution is 5.87. The van der Waals surface area contributed by atoms with Gasteiger partial charge < -0.3 is 14.5 Å². The molecule has 0 radical (unpaired) electrons. The Morgan fingerprint density at radius 2 is 1.48 bits per heavy atom. The smallest absolute Gasteiger partial charge is 0.232 e. The van der Waals surface area contributed by atoms with Gasteiger partial charge in [0.05, 0.1) is 12.5 Å². The number of hydrogen-bond donors (Lipinski definition) is 0. The summed E-state index contributed by atoms with van der Waals surface area (Å²) in [4.78, 5) is 29.5. The molecular weight excluding hydrogens is 364 g/mol. The van der Waals surface area contributed by atoms with Crippen molar-refractivity contribution in [1.29, 1.82) is 0 Å². The van der Waals surface area contributed by atoms with Gasteiger partial charge in [-0.25, -0.2) is 0 Å². The summed E-state index contributed by atoms with van der Waals surface area (Å²) in [5, 5.41) is 0. The molecule has 0 unspecified atom stereocenters. The van der Waals surface area contributed by atoms with Gasteiger partial charge in [0.2, 0.25) is 11.8 Å². The largest absolute Gasteiger partial charge is 0.496 e. The summed E-state index contributed by atoms with van der Waals surface area (Å²) in [6, 6.07) is 17.7. The third-order valence-corrected chi connectivity index (χ3v) is 5.75. The van der Waals surface area contributed by atoms with Gasteiger partial charge >= 0.3 is 0 Å². The summed E-state index contributed by atoms with van der Waals surface area (Å²) in [7, 11) is 1.65. The number of piperazine rings is 1. The second-order valence-electron chi connectivity index (χ2n) is 7.98. The topological polar surface area (TPSA) is 49.9 Å². The van der Waals surface area contributed by atoms with Crippen LogP contribution in [0.15, 0.2) is 54.6 Å². The minimum absolute atomic E-state index is 0.116. The van der Waals surface area contributed by atoms with E-state index >= 15 is 0 Å². The molecule has 2 aromatic carbocycles. The van der Waals surface area contributed by atoms with E-state index < -0.39 is 5.41 Å². The monoisotopic (exact) mass is 394 g/mol. The fourth-order valence-electron chi connectivity index (χ4n) is 3.84. The Hall–Kier alpha value is -2.82. The van der Waals surface area contributed by atoms with Crippen LogP contribution in [0.3, 0.4) is 0 Å². The van der Waals surface area contributed by atoms with Crippen LogP contribution in [0.1, 0.15) is 31.4 Å². The fourth-order valence-corrected chi connectivity index (χ4v) is 3.84. The molecule has 5 nitrogen and oxygen atoms in total. The van der Waals surface area contributed by atoms with E-state index in [0.717, 1.165) is 16.9 Å². The minimum Gasteiger partial charge on any atom is -0.496 e. The Labute approximate surface area is 173 Å². The predicted octanol–water partition coefficient (Wildman–Crippen LogP) is 3.28. The zero-order chi connectivity index (χ0) is 20.9. The molecule has 1 fully saturated rings. The van der Waals surface area contributed by atoms with E-state index in [-0.39, 0.29) is 11.8 Å². The lowest BCUT2D eigenvalue weighted by molar-refractivity contribution is -0.142. The first-order valence-electron chi connectivity index (χ1n) is 10.2. The number of ether oxygens (including phenoxy) is 1. The number of methoxy groups -OCH3 is 1. The van der Waals surface area contributed by atoms with E-state index in [0.29, 0.717) is 39.0 Å². The van der Waals surface area contributed by atoms with Gasteiger partial charge in [-0.05, 0) is 37.5 Å². The van der Waals surface area contributed by atoms with Gasteiger partial charge in [0, 0.05) is 32.6 Å². The summed E-state index contributed by atoms with van der Waals surface area (Å²) in [6.45, 7) is 6.26. The van der Waals surface area contributed by atoms with E-state index in [2.05, 4.69) is 0 Å². The van der Waals surface area contributed by atoms with Crippen molar-refractivity contribution in [1.82, 2.24) is 9.80 Å². The van der Waals surface area contributed by atoms with Crippen LogP contribution in [0.25, 0.3) is 0 Å². The highest BCUT2D eigenvalue weighted by atomic mass is 16.5. The van der Waals surface area contributed by atoms with Gasteiger partial charge in [-0.1, -0.05) is 48.5 Å². The Morgan fingerprint density at radius 1 is 0.897 bits per heavy atom. The van der Waals surface area contributed by atoms with Crippen LogP contribution in [0.2, 0.25) is 0 Å². The number of benzene rings is 2. The summed E-state index contributed by atoms with van der Waals surface area (Å²) in [5.74, 6) is 1.06. The normalized spacial score (nSPS) is 14.6. The number of hydrogen-bond acceptors (Lipinski definition) is 3. The van der Waals surface area contributed by atoms with Crippen molar-refractivity contribution in [3.05, 3.63) is 65.7 Å². The van der Waals surface area contributed by atoms with Crippen LogP contribution in [0, 0.1) is 0 Å². The molecule has 1 aliphatic rings.